The molecule has 2 rings (SSSR count). The second kappa shape index (κ2) is 13.7. The van der Waals surface area contributed by atoms with Gasteiger partial charge in [0.15, 0.2) is 0 Å². The molecule has 0 unspecified atom stereocenters. The van der Waals surface area contributed by atoms with Gasteiger partial charge in [0.2, 0.25) is 0 Å². The van der Waals surface area contributed by atoms with E-state index in [1.807, 2.05) is 0 Å². The minimum atomic E-state index is -1.42. The number of hydrogen-bond donors (Lipinski definition) is 4. The molecule has 0 aromatic heterocycles. The van der Waals surface area contributed by atoms with Crippen LogP contribution in [0.15, 0.2) is 36.4 Å². The zero-order valence-corrected chi connectivity index (χ0v) is 20.4. The molecule has 4 N–H and O–H groups in total. The van der Waals surface area contributed by atoms with Crippen molar-refractivity contribution in [3.63, 3.8) is 0 Å². The molecule has 0 radical (unpaired) electrons. The average Bonchev–Trinajstić information content (AvgIpc) is 2.84. The van der Waals surface area contributed by atoms with Gasteiger partial charge in [-0.3, -0.25) is 39.4 Å². The Bertz CT molecular complexity index is 1180. The second-order valence-electron chi connectivity index (χ2n) is 7.80. The number of hydrogen-bond acceptors (Lipinski definition) is 12. The van der Waals surface area contributed by atoms with E-state index in [0.29, 0.717) is 0 Å². The first-order chi connectivity index (χ1) is 18.8. The number of carbonyl (C=O) groups is 4. The summed E-state index contributed by atoms with van der Waals surface area (Å²) in [5.41, 5.74) is -1.34. The van der Waals surface area contributed by atoms with Gasteiger partial charge in [0, 0.05) is 24.3 Å². The molecule has 0 aliphatic carbocycles. The number of aliphatic carboxylic acids is 4. The van der Waals surface area contributed by atoms with Crippen molar-refractivity contribution in [2.75, 3.05) is 49.2 Å². The Morgan fingerprint density at radius 1 is 0.625 bits per heavy atom. The molecule has 214 valence electrons. The monoisotopic (exact) mass is 566 g/mol. The first kappa shape index (κ1) is 30.5. The highest BCUT2D eigenvalue weighted by Crippen LogP contribution is 2.34. The molecule has 0 saturated carbocycles. The summed E-state index contributed by atoms with van der Waals surface area (Å²) in [6, 6.07) is 6.22. The van der Waals surface area contributed by atoms with E-state index in [9.17, 15) is 39.4 Å². The van der Waals surface area contributed by atoms with E-state index < -0.39 is 71.3 Å². The lowest BCUT2D eigenvalue weighted by Gasteiger charge is -2.24. The first-order valence-corrected chi connectivity index (χ1v) is 11.0. The van der Waals surface area contributed by atoms with Crippen molar-refractivity contribution in [3.8, 4) is 11.5 Å². The number of non-ortho nitro benzene ring substituents is 2. The predicted molar refractivity (Wildman–Crippen MR) is 132 cm³/mol. The second-order valence-corrected chi connectivity index (χ2v) is 7.80. The van der Waals surface area contributed by atoms with Crippen LogP contribution in [-0.4, -0.2) is 93.5 Å². The van der Waals surface area contributed by atoms with Crippen molar-refractivity contribution in [2.45, 2.75) is 0 Å². The predicted octanol–water partition coefficient (Wildman–Crippen LogP) is 0.912. The van der Waals surface area contributed by atoms with Gasteiger partial charge in [-0.25, -0.2) is 0 Å². The van der Waals surface area contributed by atoms with Crippen LogP contribution in [0, 0.1) is 20.2 Å². The summed E-state index contributed by atoms with van der Waals surface area (Å²) in [5, 5.41) is 59.0. The zero-order valence-electron chi connectivity index (χ0n) is 20.4. The number of rotatable bonds is 17. The van der Waals surface area contributed by atoms with E-state index in [4.69, 9.17) is 29.9 Å². The molecule has 40 heavy (non-hydrogen) atoms. The van der Waals surface area contributed by atoms with Gasteiger partial charge >= 0.3 is 23.9 Å². The van der Waals surface area contributed by atoms with Crippen LogP contribution in [0.5, 0.6) is 11.5 Å². The highest BCUT2D eigenvalue weighted by atomic mass is 16.6. The molecule has 0 aliphatic heterocycles. The van der Waals surface area contributed by atoms with Crippen LogP contribution in [0.3, 0.4) is 0 Å². The minimum absolute atomic E-state index is 0.126. The van der Waals surface area contributed by atoms with Gasteiger partial charge in [-0.2, -0.15) is 0 Å². The summed E-state index contributed by atoms with van der Waals surface area (Å²) in [4.78, 5) is 67.5. The van der Waals surface area contributed by atoms with Crippen molar-refractivity contribution in [3.05, 3.63) is 56.6 Å². The number of carboxylic acid groups (broad SMARTS) is 4. The Kier molecular flexibility index (Phi) is 10.5. The van der Waals surface area contributed by atoms with E-state index in [1.54, 1.807) is 0 Å². The Morgan fingerprint density at radius 2 is 0.925 bits per heavy atom. The quantitative estimate of drug-likeness (QED) is 0.118. The SMILES string of the molecule is O=C(O)CN(CC(=O)O)c1cc([N+](=O)[O-])ccc1OCCOc1ccc([N+](=O)[O-])cc1N(CC(=O)O)CC(=O)O. The zero-order chi connectivity index (χ0) is 30.0. The molecular weight excluding hydrogens is 544 g/mol. The Morgan fingerprint density at radius 3 is 1.18 bits per heavy atom. The number of anilines is 2. The average molecular weight is 566 g/mol. The lowest BCUT2D eigenvalue weighted by atomic mass is 10.2. The van der Waals surface area contributed by atoms with Crippen LogP contribution >= 0.6 is 0 Å². The molecule has 0 saturated heterocycles. The van der Waals surface area contributed by atoms with Gasteiger partial charge < -0.3 is 39.7 Å². The fraction of sp³-hybridized carbons (Fsp3) is 0.273. The summed E-state index contributed by atoms with van der Waals surface area (Å²) in [5.74, 6) is -5.92. The third kappa shape index (κ3) is 9.01. The summed E-state index contributed by atoms with van der Waals surface area (Å²) in [6.45, 7) is -3.95. The van der Waals surface area contributed by atoms with Gasteiger partial charge in [0.1, 0.15) is 50.9 Å². The Labute approximate surface area is 223 Å². The number of benzene rings is 2. The third-order valence-electron chi connectivity index (χ3n) is 4.89. The number of nitro benzene ring substituents is 2. The molecular formula is C22H22N4O14. The van der Waals surface area contributed by atoms with Crippen molar-refractivity contribution >= 4 is 46.6 Å². The topological polar surface area (TPSA) is 260 Å². The molecule has 0 spiro atoms. The molecule has 0 aliphatic rings. The normalized spacial score (nSPS) is 10.3. The summed E-state index contributed by atoms with van der Waals surface area (Å²) in [6.07, 6.45) is 0. The van der Waals surface area contributed by atoms with Gasteiger partial charge in [-0.05, 0) is 12.1 Å². The minimum Gasteiger partial charge on any atom is -0.488 e. The standard InChI is InChI=1S/C22H22N4O14/c27-19(28)9-23(10-20(29)30)15-7-13(25(35)36)1-3-17(15)39-5-6-40-18-4-2-14(26(37)38)8-16(18)24(11-21(31)32)12-22(33)34/h1-4,7-8H,5-6,9-12H2,(H,27,28)(H,29,30)(H,31,32)(H,33,34). The maximum absolute atomic E-state index is 11.2. The molecule has 0 fully saturated rings. The van der Waals surface area contributed by atoms with Crippen LogP contribution in [0.25, 0.3) is 0 Å². The lowest BCUT2D eigenvalue weighted by Crippen LogP contribution is -2.35. The van der Waals surface area contributed by atoms with E-state index in [-0.39, 0.29) is 36.1 Å². The highest BCUT2D eigenvalue weighted by Gasteiger charge is 2.23. The highest BCUT2D eigenvalue weighted by molar-refractivity contribution is 5.82. The maximum Gasteiger partial charge on any atom is 0.323 e. The Balaban J connectivity index is 2.31. The molecule has 0 amide bonds. The van der Waals surface area contributed by atoms with Gasteiger partial charge in [0.25, 0.3) is 11.4 Å². The van der Waals surface area contributed by atoms with Crippen molar-refractivity contribution in [1.82, 2.24) is 0 Å². The lowest BCUT2D eigenvalue weighted by molar-refractivity contribution is -0.385. The van der Waals surface area contributed by atoms with Crippen LogP contribution in [0.1, 0.15) is 0 Å². The smallest absolute Gasteiger partial charge is 0.323 e. The van der Waals surface area contributed by atoms with Gasteiger partial charge in [-0.15, -0.1) is 0 Å². The summed E-state index contributed by atoms with van der Waals surface area (Å²) in [7, 11) is 0. The van der Waals surface area contributed by atoms with Crippen molar-refractivity contribution < 1.29 is 58.9 Å². The largest absolute Gasteiger partial charge is 0.488 e. The number of ether oxygens (including phenoxy) is 2. The van der Waals surface area contributed by atoms with Gasteiger partial charge in [0.05, 0.1) is 21.2 Å². The van der Waals surface area contributed by atoms with Crippen LogP contribution in [0.2, 0.25) is 0 Å². The fourth-order valence-corrected chi connectivity index (χ4v) is 3.39. The van der Waals surface area contributed by atoms with Crippen molar-refractivity contribution in [2.24, 2.45) is 0 Å². The Hall–Kier alpha value is -5.68. The van der Waals surface area contributed by atoms with Crippen LogP contribution in [0.4, 0.5) is 22.7 Å². The molecule has 18 heteroatoms. The summed E-state index contributed by atoms with van der Waals surface area (Å²) >= 11 is 0. The number of carboxylic acids is 4. The van der Waals surface area contributed by atoms with E-state index >= 15 is 0 Å². The van der Waals surface area contributed by atoms with Gasteiger partial charge in [-0.1, -0.05) is 0 Å². The number of nitro groups is 2. The third-order valence-corrected chi connectivity index (χ3v) is 4.89. The molecule has 2 aromatic rings. The molecule has 0 heterocycles. The molecule has 0 atom stereocenters. The molecule has 18 nitrogen and oxygen atoms in total. The van der Waals surface area contributed by atoms with E-state index in [1.165, 1.54) is 0 Å². The van der Waals surface area contributed by atoms with Crippen LogP contribution < -0.4 is 19.3 Å². The summed E-state index contributed by atoms with van der Waals surface area (Å²) < 4.78 is 11.1. The first-order valence-electron chi connectivity index (χ1n) is 11.0. The van der Waals surface area contributed by atoms with Crippen molar-refractivity contribution in [1.29, 1.82) is 0 Å². The molecule has 0 bridgehead atoms. The van der Waals surface area contributed by atoms with E-state index in [2.05, 4.69) is 0 Å². The number of nitrogens with zero attached hydrogens (tertiary/aromatic N) is 4. The van der Waals surface area contributed by atoms with Crippen LogP contribution in [-0.2, 0) is 19.2 Å². The maximum atomic E-state index is 11.2. The van der Waals surface area contributed by atoms with E-state index in [0.717, 1.165) is 46.2 Å². The molecule has 2 aromatic carbocycles. The fourth-order valence-electron chi connectivity index (χ4n) is 3.39.